The summed E-state index contributed by atoms with van der Waals surface area (Å²) in [6, 6.07) is 0. The van der Waals surface area contributed by atoms with E-state index in [-0.39, 0.29) is 5.97 Å². The fourth-order valence-electron chi connectivity index (χ4n) is 3.88. The van der Waals surface area contributed by atoms with Crippen molar-refractivity contribution in [2.24, 2.45) is 23.7 Å². The van der Waals surface area contributed by atoms with E-state index in [9.17, 15) is 9.59 Å². The van der Waals surface area contributed by atoms with Crippen LogP contribution in [0.4, 0.5) is 0 Å². The summed E-state index contributed by atoms with van der Waals surface area (Å²) in [5, 5.41) is 8.66. The van der Waals surface area contributed by atoms with Gasteiger partial charge in [0.05, 0.1) is 7.11 Å². The molecule has 0 radical (unpaired) electrons. The van der Waals surface area contributed by atoms with Crippen molar-refractivity contribution in [1.82, 2.24) is 0 Å². The number of rotatable bonds is 5. The van der Waals surface area contributed by atoms with Crippen LogP contribution in [-0.4, -0.2) is 24.2 Å². The first-order chi connectivity index (χ1) is 11.8. The van der Waals surface area contributed by atoms with Crippen LogP contribution in [0.1, 0.15) is 65.7 Å². The zero-order valence-electron chi connectivity index (χ0n) is 16.2. The minimum Gasteiger partial charge on any atom is -0.478 e. The maximum Gasteiger partial charge on any atom is 0.333 e. The Balaban J connectivity index is 0.000000251. The number of hydrogen-bond donors (Lipinski definition) is 1. The Labute approximate surface area is 152 Å². The molecule has 1 N–H and O–H groups in total. The van der Waals surface area contributed by atoms with E-state index in [1.165, 1.54) is 39.2 Å². The van der Waals surface area contributed by atoms with Crippen LogP contribution in [0.25, 0.3) is 0 Å². The van der Waals surface area contributed by atoms with E-state index in [0.717, 1.165) is 18.8 Å². The van der Waals surface area contributed by atoms with E-state index in [0.29, 0.717) is 28.9 Å². The Morgan fingerprint density at radius 1 is 1.12 bits per heavy atom. The predicted octanol–water partition coefficient (Wildman–Crippen LogP) is 5.00. The summed E-state index contributed by atoms with van der Waals surface area (Å²) in [5.41, 5.74) is 1.12. The summed E-state index contributed by atoms with van der Waals surface area (Å²) in [6.45, 7) is 9.87. The topological polar surface area (TPSA) is 63.6 Å². The zero-order valence-corrected chi connectivity index (χ0v) is 16.2. The molecule has 4 unspecified atom stereocenters. The van der Waals surface area contributed by atoms with Gasteiger partial charge in [0.25, 0.3) is 0 Å². The average Bonchev–Trinajstić information content (AvgIpc) is 3.16. The number of allylic oxidation sites excluding steroid dienone is 1. The lowest BCUT2D eigenvalue weighted by Gasteiger charge is -2.15. The van der Waals surface area contributed by atoms with Crippen molar-refractivity contribution >= 4 is 11.9 Å². The zero-order chi connectivity index (χ0) is 19.0. The second kappa shape index (κ2) is 10.4. The summed E-state index contributed by atoms with van der Waals surface area (Å²) in [7, 11) is 1.41. The molecule has 0 aromatic heterocycles. The first-order valence-corrected chi connectivity index (χ1v) is 9.44. The first-order valence-electron chi connectivity index (χ1n) is 9.44. The van der Waals surface area contributed by atoms with E-state index in [2.05, 4.69) is 25.2 Å². The van der Waals surface area contributed by atoms with Gasteiger partial charge < -0.3 is 9.84 Å². The normalized spacial score (nSPS) is 28.9. The van der Waals surface area contributed by atoms with E-state index in [4.69, 9.17) is 5.11 Å². The molecule has 2 rings (SSSR count). The number of ether oxygens (including phenoxy) is 1. The van der Waals surface area contributed by atoms with E-state index >= 15 is 0 Å². The minimum atomic E-state index is -0.783. The Kier molecular flexibility index (Phi) is 8.95. The van der Waals surface area contributed by atoms with Crippen molar-refractivity contribution in [2.45, 2.75) is 65.7 Å². The van der Waals surface area contributed by atoms with Gasteiger partial charge in [-0.3, -0.25) is 0 Å². The Morgan fingerprint density at radius 2 is 1.72 bits per heavy atom. The molecule has 0 spiro atoms. The van der Waals surface area contributed by atoms with Gasteiger partial charge in [0.1, 0.15) is 0 Å². The Hall–Kier alpha value is -1.58. The van der Waals surface area contributed by atoms with Crippen LogP contribution in [0.15, 0.2) is 23.8 Å². The number of carboxylic acids is 1. The van der Waals surface area contributed by atoms with Crippen LogP contribution in [0.2, 0.25) is 0 Å². The van der Waals surface area contributed by atoms with Crippen LogP contribution < -0.4 is 0 Å². The molecule has 4 nitrogen and oxygen atoms in total. The minimum absolute atomic E-state index is 0.251. The third-order valence-electron chi connectivity index (χ3n) is 5.75. The Morgan fingerprint density at radius 3 is 2.16 bits per heavy atom. The van der Waals surface area contributed by atoms with Crippen LogP contribution in [0.5, 0.6) is 0 Å². The Bertz CT molecular complexity index is 506. The van der Waals surface area contributed by atoms with Gasteiger partial charge in [-0.1, -0.05) is 52.2 Å². The van der Waals surface area contributed by atoms with Gasteiger partial charge in [-0.05, 0) is 49.9 Å². The van der Waals surface area contributed by atoms with Crippen LogP contribution >= 0.6 is 0 Å². The molecule has 25 heavy (non-hydrogen) atoms. The highest BCUT2D eigenvalue weighted by atomic mass is 16.5. The van der Waals surface area contributed by atoms with Crippen molar-refractivity contribution in [3.63, 3.8) is 0 Å². The first kappa shape index (κ1) is 21.5. The fourth-order valence-corrected chi connectivity index (χ4v) is 3.88. The summed E-state index contributed by atoms with van der Waals surface area (Å²) < 4.78 is 4.62. The predicted molar refractivity (Wildman–Crippen MR) is 100 cm³/mol. The smallest absolute Gasteiger partial charge is 0.333 e. The van der Waals surface area contributed by atoms with Crippen molar-refractivity contribution in [3.05, 3.63) is 23.8 Å². The third-order valence-corrected chi connectivity index (χ3v) is 5.75. The summed E-state index contributed by atoms with van der Waals surface area (Å²) in [6.07, 6.45) is 10.2. The second-order valence-corrected chi connectivity index (χ2v) is 7.69. The molecule has 2 fully saturated rings. The molecular formula is C21H34O4. The largest absolute Gasteiger partial charge is 0.478 e. The molecule has 2 aliphatic rings. The SMILES string of the molecule is C=C(CC1CCCC1C)C(=O)OC.CC(=CC1CCCC1C)C(=O)O. The number of carbonyl (C=O) groups is 2. The highest BCUT2D eigenvalue weighted by Crippen LogP contribution is 2.35. The molecule has 0 heterocycles. The lowest BCUT2D eigenvalue weighted by Crippen LogP contribution is -2.11. The van der Waals surface area contributed by atoms with E-state index in [1.54, 1.807) is 6.92 Å². The van der Waals surface area contributed by atoms with Crippen LogP contribution in [0.3, 0.4) is 0 Å². The number of carbonyl (C=O) groups excluding carboxylic acids is 1. The molecule has 0 amide bonds. The number of carboxylic acid groups (broad SMARTS) is 1. The lowest BCUT2D eigenvalue weighted by molar-refractivity contribution is -0.136. The number of esters is 1. The number of aliphatic carboxylic acids is 1. The molecule has 0 aliphatic heterocycles. The van der Waals surface area contributed by atoms with E-state index in [1.807, 2.05) is 6.08 Å². The summed E-state index contributed by atoms with van der Waals surface area (Å²) in [5.74, 6) is 1.52. The molecule has 0 saturated heterocycles. The van der Waals surface area contributed by atoms with Gasteiger partial charge in [0.2, 0.25) is 0 Å². The summed E-state index contributed by atoms with van der Waals surface area (Å²) in [4.78, 5) is 21.6. The van der Waals surface area contributed by atoms with Gasteiger partial charge in [-0.15, -0.1) is 0 Å². The molecular weight excluding hydrogens is 316 g/mol. The van der Waals surface area contributed by atoms with Crippen molar-refractivity contribution in [3.8, 4) is 0 Å². The number of hydrogen-bond acceptors (Lipinski definition) is 3. The standard InChI is InChI=1S/C11H18O2.C10H16O2/c1-8-5-4-6-10(8)7-9(2)11(12)13-3;1-7-4-3-5-9(7)6-8(2)10(11)12/h8,10H,2,4-7H2,1,3H3;6-7,9H,3-5H2,1-2H3,(H,11,12). The highest BCUT2D eigenvalue weighted by Gasteiger charge is 2.25. The van der Waals surface area contributed by atoms with E-state index < -0.39 is 5.97 Å². The second-order valence-electron chi connectivity index (χ2n) is 7.69. The average molecular weight is 350 g/mol. The monoisotopic (exact) mass is 350 g/mol. The van der Waals surface area contributed by atoms with Crippen molar-refractivity contribution < 1.29 is 19.4 Å². The maximum atomic E-state index is 11.1. The van der Waals surface area contributed by atoms with Crippen molar-refractivity contribution in [1.29, 1.82) is 0 Å². The molecule has 142 valence electrons. The molecule has 2 aliphatic carbocycles. The van der Waals surface area contributed by atoms with Crippen LogP contribution in [-0.2, 0) is 14.3 Å². The van der Waals surface area contributed by atoms with Crippen molar-refractivity contribution in [2.75, 3.05) is 7.11 Å². The fraction of sp³-hybridized carbons (Fsp3) is 0.714. The van der Waals surface area contributed by atoms with Gasteiger partial charge in [-0.2, -0.15) is 0 Å². The lowest BCUT2D eigenvalue weighted by atomic mass is 9.91. The molecule has 2 saturated carbocycles. The maximum absolute atomic E-state index is 11.1. The van der Waals surface area contributed by atoms with Gasteiger partial charge >= 0.3 is 11.9 Å². The molecule has 4 atom stereocenters. The number of methoxy groups -OCH3 is 1. The molecule has 4 heteroatoms. The summed E-state index contributed by atoms with van der Waals surface area (Å²) >= 11 is 0. The molecule has 0 aromatic rings. The van der Waals surface area contributed by atoms with Crippen LogP contribution in [0, 0.1) is 23.7 Å². The van der Waals surface area contributed by atoms with Gasteiger partial charge in [0.15, 0.2) is 0 Å². The third kappa shape index (κ3) is 7.05. The highest BCUT2D eigenvalue weighted by molar-refractivity contribution is 5.87. The molecule has 0 bridgehead atoms. The van der Waals surface area contributed by atoms with Gasteiger partial charge in [0, 0.05) is 11.1 Å². The van der Waals surface area contributed by atoms with Gasteiger partial charge in [-0.25, -0.2) is 9.59 Å². The quantitative estimate of drug-likeness (QED) is 0.560. The molecule has 0 aromatic carbocycles.